The molecule has 1 aromatic heterocycles. The quantitative estimate of drug-likeness (QED) is 0.257. The predicted molar refractivity (Wildman–Crippen MR) is 176 cm³/mol. The molecular formula is C34H36ClF2N5O3S. The van der Waals surface area contributed by atoms with Crippen molar-refractivity contribution in [2.45, 2.75) is 55.1 Å². The first-order chi connectivity index (χ1) is 22.1. The first-order valence-electron chi connectivity index (χ1n) is 15.0. The van der Waals surface area contributed by atoms with Crippen LogP contribution in [0.15, 0.2) is 108 Å². The van der Waals surface area contributed by atoms with Crippen LogP contribution in [0.4, 0.5) is 14.5 Å². The Hall–Kier alpha value is -3.74. The molecule has 1 aliphatic carbocycles. The van der Waals surface area contributed by atoms with Gasteiger partial charge in [-0.25, -0.2) is 17.2 Å². The first kappa shape index (κ1) is 33.6. The van der Waals surface area contributed by atoms with Gasteiger partial charge in [0.15, 0.2) is 0 Å². The molecule has 1 aliphatic heterocycles. The maximum absolute atomic E-state index is 15.3. The monoisotopic (exact) mass is 667 g/mol. The highest BCUT2D eigenvalue weighted by molar-refractivity contribution is 7.89. The summed E-state index contributed by atoms with van der Waals surface area (Å²) in [5.41, 5.74) is 8.35. The van der Waals surface area contributed by atoms with E-state index in [0.29, 0.717) is 29.2 Å². The minimum Gasteiger partial charge on any atom is -0.323 e. The maximum Gasteiger partial charge on any atom is 0.243 e. The van der Waals surface area contributed by atoms with Crippen molar-refractivity contribution < 1.29 is 22.0 Å². The van der Waals surface area contributed by atoms with Gasteiger partial charge >= 0.3 is 0 Å². The number of pyridine rings is 1. The number of halogens is 3. The fraction of sp³-hybridized carbons (Fsp3) is 0.294. The fourth-order valence-corrected chi connectivity index (χ4v) is 8.04. The van der Waals surface area contributed by atoms with Crippen LogP contribution in [0.1, 0.15) is 36.8 Å². The number of hydrogen-bond donors (Lipinski definition) is 3. The summed E-state index contributed by atoms with van der Waals surface area (Å²) in [6.45, 7) is 2.70. The van der Waals surface area contributed by atoms with Gasteiger partial charge in [0.05, 0.1) is 29.0 Å². The van der Waals surface area contributed by atoms with Gasteiger partial charge in [-0.1, -0.05) is 59.7 Å². The van der Waals surface area contributed by atoms with Crippen molar-refractivity contribution in [3.05, 3.63) is 125 Å². The highest BCUT2D eigenvalue weighted by atomic mass is 35.5. The number of rotatable bonds is 10. The Morgan fingerprint density at radius 2 is 1.87 bits per heavy atom. The molecule has 0 radical (unpaired) electrons. The van der Waals surface area contributed by atoms with Crippen molar-refractivity contribution in [1.29, 1.82) is 0 Å². The number of carbonyl (C=O) groups is 1. The lowest BCUT2D eigenvalue weighted by atomic mass is 9.83. The van der Waals surface area contributed by atoms with Gasteiger partial charge in [0, 0.05) is 41.7 Å². The molecule has 3 aromatic rings. The van der Waals surface area contributed by atoms with Crippen LogP contribution in [-0.2, 0) is 21.2 Å². The number of allylic oxidation sites excluding steroid dienone is 5. The van der Waals surface area contributed by atoms with Crippen molar-refractivity contribution in [2.24, 2.45) is 5.73 Å². The number of anilines is 1. The van der Waals surface area contributed by atoms with Gasteiger partial charge in [-0.3, -0.25) is 9.78 Å². The molecule has 2 heterocycles. The van der Waals surface area contributed by atoms with Gasteiger partial charge in [0.25, 0.3) is 0 Å². The average Bonchev–Trinajstić information content (AvgIpc) is 3.26. The normalized spacial score (nSPS) is 20.3. The fourth-order valence-electron chi connectivity index (χ4n) is 6.05. The van der Waals surface area contributed by atoms with E-state index < -0.39 is 45.6 Å². The molecular weight excluding hydrogens is 632 g/mol. The molecule has 5 rings (SSSR count). The molecule has 0 bridgehead atoms. The lowest BCUT2D eigenvalue weighted by Crippen LogP contribution is -2.58. The van der Waals surface area contributed by atoms with Crippen LogP contribution >= 0.6 is 11.6 Å². The second kappa shape index (κ2) is 14.8. The molecule has 1 saturated heterocycles. The molecule has 2 aliphatic rings. The van der Waals surface area contributed by atoms with Gasteiger partial charge in [0.2, 0.25) is 15.9 Å². The first-order valence-corrected chi connectivity index (χ1v) is 16.8. The second-order valence-electron chi connectivity index (χ2n) is 11.4. The molecule has 1 fully saturated rings. The Labute approximate surface area is 273 Å². The lowest BCUT2D eigenvalue weighted by molar-refractivity contribution is -0.117. The van der Waals surface area contributed by atoms with E-state index in [1.54, 1.807) is 66.7 Å². The zero-order valence-corrected chi connectivity index (χ0v) is 26.8. The van der Waals surface area contributed by atoms with Crippen molar-refractivity contribution in [1.82, 2.24) is 14.6 Å². The van der Waals surface area contributed by atoms with Crippen LogP contribution in [0, 0.1) is 5.82 Å². The molecule has 4 N–H and O–H groups in total. The number of piperazine rings is 1. The van der Waals surface area contributed by atoms with E-state index in [4.69, 9.17) is 17.3 Å². The molecule has 12 heteroatoms. The number of sulfonamides is 1. The predicted octanol–water partition coefficient (Wildman–Crippen LogP) is 5.65. The van der Waals surface area contributed by atoms with Gasteiger partial charge in [-0.15, -0.1) is 0 Å². The number of carbonyl (C=O) groups excluding carboxylic acids is 1. The van der Waals surface area contributed by atoms with Crippen LogP contribution < -0.4 is 16.4 Å². The van der Waals surface area contributed by atoms with E-state index in [9.17, 15) is 17.6 Å². The van der Waals surface area contributed by atoms with Crippen molar-refractivity contribution >= 4 is 33.2 Å². The molecule has 46 heavy (non-hydrogen) atoms. The summed E-state index contributed by atoms with van der Waals surface area (Å²) in [6.07, 6.45) is 9.10. The van der Waals surface area contributed by atoms with E-state index in [2.05, 4.69) is 15.6 Å². The Balaban J connectivity index is 1.38. The Morgan fingerprint density at radius 3 is 2.61 bits per heavy atom. The molecule has 242 valence electrons. The zero-order chi connectivity index (χ0) is 32.8. The molecule has 1 unspecified atom stereocenters. The number of benzene rings is 2. The third kappa shape index (κ3) is 7.62. The number of nitrogens with two attached hydrogens (primary N) is 1. The average molecular weight is 668 g/mol. The molecule has 2 aromatic carbocycles. The minimum absolute atomic E-state index is 0.125. The standard InChI is InChI=1S/C34H36ClF2N5O3S/c1-22-18-39-19-27(42(22)46(44,45)28-8-3-2-4-9-28)16-17-29-30(37)20-40-21-31(29)41-34(43)33(38)32(24-10-13-25(35)14-11-24)23-6-5-7-26(36)15-12-23/h2-11,13-15,20-22,27,32-33,39H,12,16-19,38H2,1H3,(H,41,43)/t22-,27?,32+,33-/m0/s1. The van der Waals surface area contributed by atoms with Gasteiger partial charge < -0.3 is 16.4 Å². The summed E-state index contributed by atoms with van der Waals surface area (Å²) in [5.74, 6) is -2.26. The van der Waals surface area contributed by atoms with Crippen molar-refractivity contribution in [3.63, 3.8) is 0 Å². The summed E-state index contributed by atoms with van der Waals surface area (Å²) in [4.78, 5) is 17.8. The lowest BCUT2D eigenvalue weighted by Gasteiger charge is -2.40. The van der Waals surface area contributed by atoms with E-state index in [1.165, 1.54) is 22.7 Å². The van der Waals surface area contributed by atoms with E-state index in [0.717, 1.165) is 6.20 Å². The molecule has 8 nitrogen and oxygen atoms in total. The zero-order valence-electron chi connectivity index (χ0n) is 25.2. The van der Waals surface area contributed by atoms with E-state index in [1.807, 2.05) is 6.92 Å². The Morgan fingerprint density at radius 1 is 1.13 bits per heavy atom. The van der Waals surface area contributed by atoms with Crippen LogP contribution in [0.5, 0.6) is 0 Å². The van der Waals surface area contributed by atoms with Crippen molar-refractivity contribution in [3.8, 4) is 0 Å². The third-order valence-corrected chi connectivity index (χ3v) is 10.6. The van der Waals surface area contributed by atoms with Crippen LogP contribution in [0.2, 0.25) is 5.02 Å². The highest BCUT2D eigenvalue weighted by Gasteiger charge is 2.38. The SMILES string of the molecule is C[C@H]1CNCC(CCc2c(F)cncc2NC(=O)[C@@H](N)[C@H](C2=CC=CC(F)=CC2)c2ccc(Cl)cc2)N1S(=O)(=O)c1ccccc1. The van der Waals surface area contributed by atoms with E-state index >= 15 is 4.39 Å². The summed E-state index contributed by atoms with van der Waals surface area (Å²) in [7, 11) is -3.82. The molecule has 0 spiro atoms. The molecule has 4 atom stereocenters. The van der Waals surface area contributed by atoms with Crippen LogP contribution in [-0.4, -0.2) is 54.8 Å². The Bertz CT molecular complexity index is 1750. The van der Waals surface area contributed by atoms with E-state index in [-0.39, 0.29) is 41.5 Å². The maximum atomic E-state index is 15.3. The molecule has 1 amide bonds. The summed E-state index contributed by atoms with van der Waals surface area (Å²) in [6, 6.07) is 13.2. The van der Waals surface area contributed by atoms with Gasteiger partial charge in [0.1, 0.15) is 11.6 Å². The highest BCUT2D eigenvalue weighted by Crippen LogP contribution is 2.33. The number of hydrogen-bond acceptors (Lipinski definition) is 6. The summed E-state index contributed by atoms with van der Waals surface area (Å²) >= 11 is 6.11. The van der Waals surface area contributed by atoms with Gasteiger partial charge in [-0.2, -0.15) is 4.31 Å². The second-order valence-corrected chi connectivity index (χ2v) is 13.7. The van der Waals surface area contributed by atoms with Gasteiger partial charge in [-0.05, 0) is 68.2 Å². The summed E-state index contributed by atoms with van der Waals surface area (Å²) < 4.78 is 58.1. The number of nitrogens with one attached hydrogen (secondary N) is 2. The number of aromatic nitrogens is 1. The number of nitrogens with zero attached hydrogens (tertiary/aromatic N) is 2. The largest absolute Gasteiger partial charge is 0.323 e. The third-order valence-electron chi connectivity index (χ3n) is 8.31. The minimum atomic E-state index is -3.82. The van der Waals surface area contributed by atoms with Crippen LogP contribution in [0.3, 0.4) is 0 Å². The Kier molecular flexibility index (Phi) is 10.8. The smallest absolute Gasteiger partial charge is 0.243 e. The van der Waals surface area contributed by atoms with Crippen molar-refractivity contribution in [2.75, 3.05) is 18.4 Å². The topological polar surface area (TPSA) is 117 Å². The summed E-state index contributed by atoms with van der Waals surface area (Å²) in [5, 5.41) is 6.55. The number of amides is 1. The van der Waals surface area contributed by atoms with Crippen LogP contribution in [0.25, 0.3) is 0 Å². The molecule has 0 saturated carbocycles.